The van der Waals surface area contributed by atoms with Crippen LogP contribution >= 0.6 is 19.2 Å². The molecule has 4 rings (SSSR count). The Kier molecular flexibility index (Phi) is 25.8. The Labute approximate surface area is 416 Å². The first kappa shape index (κ1) is 63.6. The normalized spacial score (nSPS) is 11.8. The number of aliphatic carboxylic acids is 1. The van der Waals surface area contributed by atoms with Gasteiger partial charge in [0.15, 0.2) is 21.5 Å². The van der Waals surface area contributed by atoms with E-state index in [9.17, 15) is 68.8 Å². The molecule has 0 aliphatic rings. The third-order valence-corrected chi connectivity index (χ3v) is 11.4. The first-order valence-corrected chi connectivity index (χ1v) is 27.1. The highest BCUT2D eigenvalue weighted by Crippen LogP contribution is 2.37. The van der Waals surface area contributed by atoms with Gasteiger partial charge < -0.3 is 43.1 Å². The third-order valence-electron chi connectivity index (χ3n) is 7.34. The number of aromatic nitrogens is 3. The maximum atomic E-state index is 12.7. The number of urea groups is 1. The number of methoxy groups -OCH3 is 2. The second-order valence-electron chi connectivity index (χ2n) is 13.4. The summed E-state index contributed by atoms with van der Waals surface area (Å²) in [5.41, 5.74) is -2.16. The molecule has 0 aliphatic heterocycles. The smallest absolute Gasteiger partial charge is 0.416 e. The number of halogens is 4. The van der Waals surface area contributed by atoms with Gasteiger partial charge in [-0.3, -0.25) is 25.5 Å². The van der Waals surface area contributed by atoms with Crippen LogP contribution in [0.25, 0.3) is 0 Å². The number of pyridine rings is 1. The quantitative estimate of drug-likeness (QED) is 0.0312. The number of hydrogen-bond donors (Lipinski definition) is 5. The van der Waals surface area contributed by atoms with Gasteiger partial charge in [0.05, 0.1) is 79.8 Å². The number of amides is 2. The second-order valence-corrected chi connectivity index (χ2v) is 21.7. The molecule has 0 radical (unpaired) electrons. The van der Waals surface area contributed by atoms with Crippen LogP contribution in [0.3, 0.4) is 0 Å². The summed E-state index contributed by atoms with van der Waals surface area (Å²) in [5.74, 6) is -4.05. The average Bonchev–Trinajstić information content (AvgIpc) is 3.27. The Bertz CT molecular complexity index is 2790. The summed E-state index contributed by atoms with van der Waals surface area (Å²) in [6.07, 6.45) is 2.36. The molecule has 0 bridgehead atoms. The molecule has 0 fully saturated rings. The van der Waals surface area contributed by atoms with E-state index < -0.39 is 109 Å². The van der Waals surface area contributed by atoms with E-state index in [0.717, 1.165) is 42.6 Å². The molecule has 2 aromatic carbocycles. The Morgan fingerprint density at radius 2 is 1.54 bits per heavy atom. The number of carboxylic acids is 1. The van der Waals surface area contributed by atoms with Gasteiger partial charge in [-0.05, 0) is 54.2 Å². The number of nitrogens with one attached hydrogen (secondary N) is 3. The fourth-order valence-corrected chi connectivity index (χ4v) is 7.60. The maximum absolute atomic E-state index is 12.7. The van der Waals surface area contributed by atoms with Gasteiger partial charge in [-0.25, -0.2) is 32.5 Å². The van der Waals surface area contributed by atoms with Crippen molar-refractivity contribution < 1.29 is 97.3 Å². The molecule has 2 heterocycles. The van der Waals surface area contributed by atoms with Gasteiger partial charge in [0, 0.05) is 18.3 Å². The summed E-state index contributed by atoms with van der Waals surface area (Å²) in [5, 5.41) is 22.1. The Balaban J connectivity index is 0.000000571. The van der Waals surface area contributed by atoms with E-state index in [0.29, 0.717) is 17.0 Å². The minimum absolute atomic E-state index is 0.0493. The summed E-state index contributed by atoms with van der Waals surface area (Å²) >= 11 is 5.81. The molecule has 0 saturated heterocycles. The van der Waals surface area contributed by atoms with E-state index in [2.05, 4.69) is 43.8 Å². The molecule has 2 aromatic heterocycles. The first-order valence-electron chi connectivity index (χ1n) is 19.4. The molecule has 398 valence electrons. The van der Waals surface area contributed by atoms with Crippen LogP contribution in [-0.4, -0.2) is 135 Å². The number of nitro groups is 1. The van der Waals surface area contributed by atoms with Crippen LogP contribution in [0.1, 0.15) is 29.8 Å². The van der Waals surface area contributed by atoms with Crippen molar-refractivity contribution >= 4 is 85.5 Å². The van der Waals surface area contributed by atoms with Crippen LogP contribution in [0.15, 0.2) is 70.7 Å². The van der Waals surface area contributed by atoms with Crippen LogP contribution in [0.4, 0.5) is 29.6 Å². The second kappa shape index (κ2) is 29.2. The molecule has 1 unspecified atom stereocenters. The predicted octanol–water partition coefficient (Wildman–Crippen LogP) is 3.63. The van der Waals surface area contributed by atoms with E-state index in [4.69, 9.17) is 40.5 Å². The number of esters is 2. The standard InChI is InChI=1S/C18H13ClF3NO7.C14H17N5O7S2.C3H8NO5P.C3H9S/c1-2-28-16(24)9-29-17(25)12-8-11(4-5-14(12)23(26)27)30-15-6-3-10(7-13(15)19)18(20,21)22;1-4-27(21,22)9-6-5-7-15-12(9)28(23,24)19-14(20)18-13-16-10(25-2)8-11(17-13)26-3;5-3(6)1-4-2-10(7,8)9;1-4(2)3/h3-8H,2,9H2,1H3;5-8H,4H2,1-3H3,(H2,16,17,18,19,20);4H,1-2H2,(H,5,6)(H2,7,8,9);1-3H3/q;;;+1/p-1. The number of hydrogen-bond acceptors (Lipinski definition) is 21. The van der Waals surface area contributed by atoms with Gasteiger partial charge in [-0.15, -0.1) is 0 Å². The number of sulfonamides is 1. The van der Waals surface area contributed by atoms with Gasteiger partial charge in [0.2, 0.25) is 17.7 Å². The van der Waals surface area contributed by atoms with E-state index in [-0.39, 0.29) is 46.6 Å². The van der Waals surface area contributed by atoms with Gasteiger partial charge >= 0.3 is 30.1 Å². The number of carbonyl (C=O) groups is 4. The zero-order chi connectivity index (χ0) is 55.2. The van der Waals surface area contributed by atoms with E-state index in [1.165, 1.54) is 40.2 Å². The van der Waals surface area contributed by atoms with E-state index in [1.54, 1.807) is 4.72 Å². The number of anilines is 1. The van der Waals surface area contributed by atoms with Gasteiger partial charge in [-0.1, -0.05) is 18.5 Å². The number of nitro benzene ring substituents is 1. The van der Waals surface area contributed by atoms with Crippen molar-refractivity contribution in [1.82, 2.24) is 25.0 Å². The van der Waals surface area contributed by atoms with Crippen LogP contribution in [0, 0.1) is 10.1 Å². The van der Waals surface area contributed by atoms with Crippen molar-refractivity contribution in [3.8, 4) is 23.3 Å². The molecule has 0 saturated carbocycles. The highest BCUT2D eigenvalue weighted by molar-refractivity contribution is 7.94. The highest BCUT2D eigenvalue weighted by Gasteiger charge is 2.32. The van der Waals surface area contributed by atoms with Crippen molar-refractivity contribution in [1.29, 1.82) is 0 Å². The lowest BCUT2D eigenvalue weighted by Crippen LogP contribution is -2.36. The molecule has 34 heteroatoms. The van der Waals surface area contributed by atoms with Crippen LogP contribution in [0.2, 0.25) is 5.02 Å². The van der Waals surface area contributed by atoms with Gasteiger partial charge in [0.1, 0.15) is 29.6 Å². The number of nitrogens with zero attached hydrogens (tertiary/aromatic N) is 4. The predicted molar refractivity (Wildman–Crippen MR) is 248 cm³/mol. The van der Waals surface area contributed by atoms with Gasteiger partial charge in [-0.2, -0.15) is 31.6 Å². The number of carbonyl (C=O) groups excluding carboxylic acids is 3. The van der Waals surface area contributed by atoms with E-state index in [1.807, 2.05) is 5.32 Å². The summed E-state index contributed by atoms with van der Waals surface area (Å²) in [6.45, 7) is 1.70. The minimum Gasteiger partial charge on any atom is -0.778 e. The first-order chi connectivity index (χ1) is 33.3. The molecular formula is C38H46ClF3N7O19PS3. The zero-order valence-corrected chi connectivity index (χ0v) is 42.7. The van der Waals surface area contributed by atoms with Crippen molar-refractivity contribution in [3.05, 3.63) is 87.1 Å². The molecule has 72 heavy (non-hydrogen) atoms. The maximum Gasteiger partial charge on any atom is 0.416 e. The average molecular weight is 1120 g/mol. The van der Waals surface area contributed by atoms with Crippen LogP contribution in [0.5, 0.6) is 23.3 Å². The van der Waals surface area contributed by atoms with Gasteiger partial charge in [0.25, 0.3) is 15.7 Å². The van der Waals surface area contributed by atoms with Crippen molar-refractivity contribution in [2.75, 3.05) is 70.1 Å². The molecular weight excluding hydrogens is 1080 g/mol. The summed E-state index contributed by atoms with van der Waals surface area (Å²) in [4.78, 5) is 84.3. The number of benzene rings is 2. The number of carboxylic acid groups (broad SMARTS) is 1. The summed E-state index contributed by atoms with van der Waals surface area (Å²) < 4.78 is 123. The number of alkyl halides is 3. The molecule has 0 aliphatic carbocycles. The van der Waals surface area contributed by atoms with Crippen LogP contribution < -0.4 is 34.5 Å². The van der Waals surface area contributed by atoms with Crippen molar-refractivity contribution in [2.45, 2.75) is 29.9 Å². The largest absolute Gasteiger partial charge is 0.778 e. The molecule has 5 N–H and O–H groups in total. The number of rotatable bonds is 18. The third kappa shape index (κ3) is 23.2. The van der Waals surface area contributed by atoms with Crippen molar-refractivity contribution in [3.63, 3.8) is 0 Å². The van der Waals surface area contributed by atoms with Crippen molar-refractivity contribution in [2.24, 2.45) is 0 Å². The summed E-state index contributed by atoms with van der Waals surface area (Å²) in [6, 6.07) is 7.83. The minimum atomic E-state index is -4.61. The topological polar surface area (TPSA) is 381 Å². The Morgan fingerprint density at radius 3 is 2.03 bits per heavy atom. The van der Waals surface area contributed by atoms with E-state index >= 15 is 0 Å². The molecule has 1 atom stereocenters. The number of sulfone groups is 1. The monoisotopic (exact) mass is 1120 g/mol. The lowest BCUT2D eigenvalue weighted by molar-refractivity contribution is -0.385. The lowest BCUT2D eigenvalue weighted by atomic mass is 10.1. The highest BCUT2D eigenvalue weighted by atomic mass is 35.5. The molecule has 26 nitrogen and oxygen atoms in total. The number of ether oxygens (including phenoxy) is 5. The molecule has 2 amide bonds. The fourth-order valence-electron chi connectivity index (χ4n) is 4.43. The Morgan fingerprint density at radius 1 is 0.944 bits per heavy atom. The SMILES string of the molecule is CCOC(=O)COC(=O)c1cc(Oc2ccc(C(F)(F)F)cc2Cl)ccc1[N+](=O)[O-].CCS(=O)(=O)c1cccnc1S(=O)(=O)NC(=O)Nc1nc(OC)cc(OC)n1.C[S+](C)C.O=C(O)CNCP(=O)([O-])O. The van der Waals surface area contributed by atoms with Crippen LogP contribution in [-0.2, 0) is 60.6 Å². The molecule has 0 spiro atoms. The lowest BCUT2D eigenvalue weighted by Gasteiger charge is -2.14. The zero-order valence-electron chi connectivity index (χ0n) is 38.6. The summed E-state index contributed by atoms with van der Waals surface area (Å²) in [7, 11) is -9.56. The Hall–Kier alpha value is -6.41. The molecule has 4 aromatic rings. The fraction of sp³-hybridized carbons (Fsp3) is 0.342.